The zero-order valence-electron chi connectivity index (χ0n) is 16.7. The van der Waals surface area contributed by atoms with Crippen LogP contribution in [0, 0.1) is 5.82 Å². The third kappa shape index (κ3) is 5.60. The Morgan fingerprint density at radius 1 is 1.07 bits per heavy atom. The van der Waals surface area contributed by atoms with Crippen molar-refractivity contribution in [2.24, 2.45) is 0 Å². The van der Waals surface area contributed by atoms with Crippen molar-refractivity contribution in [3.8, 4) is 0 Å². The molecule has 2 aromatic carbocycles. The van der Waals surface area contributed by atoms with Crippen LogP contribution >= 0.6 is 0 Å². The van der Waals surface area contributed by atoms with E-state index >= 15 is 0 Å². The van der Waals surface area contributed by atoms with Gasteiger partial charge in [0.25, 0.3) is 5.91 Å². The quantitative estimate of drug-likeness (QED) is 0.629. The van der Waals surface area contributed by atoms with Gasteiger partial charge in [0, 0.05) is 25.3 Å². The normalized spacial score (nSPS) is 10.8. The van der Waals surface area contributed by atoms with Crippen LogP contribution in [0.15, 0.2) is 66.9 Å². The Balaban J connectivity index is 1.67. The number of hydrogen-bond donors (Lipinski definition) is 1. The number of amides is 1. The molecule has 1 aromatic heterocycles. The van der Waals surface area contributed by atoms with Crippen molar-refractivity contribution in [3.63, 3.8) is 0 Å². The first-order valence-electron chi connectivity index (χ1n) is 9.70. The number of aromatic nitrogens is 2. The largest absolute Gasteiger partial charge is 0.350 e. The Labute approximate surface area is 170 Å². The van der Waals surface area contributed by atoms with E-state index in [1.807, 2.05) is 23.1 Å². The minimum Gasteiger partial charge on any atom is -0.350 e. The molecule has 29 heavy (non-hydrogen) atoms. The van der Waals surface area contributed by atoms with Crippen LogP contribution in [0.5, 0.6) is 0 Å². The Kier molecular flexibility index (Phi) is 6.89. The number of halogens is 1. The van der Waals surface area contributed by atoms with Crippen LogP contribution in [-0.2, 0) is 13.0 Å². The van der Waals surface area contributed by atoms with Gasteiger partial charge in [-0.3, -0.25) is 4.79 Å². The van der Waals surface area contributed by atoms with Gasteiger partial charge in [0.05, 0.1) is 0 Å². The maximum Gasteiger partial charge on any atom is 0.270 e. The molecule has 1 amide bonds. The molecule has 0 bridgehead atoms. The average Bonchev–Trinajstić information content (AvgIpc) is 2.74. The second-order valence-corrected chi connectivity index (χ2v) is 7.05. The summed E-state index contributed by atoms with van der Waals surface area (Å²) in [5.41, 5.74) is 2.01. The second kappa shape index (κ2) is 9.78. The smallest absolute Gasteiger partial charge is 0.270 e. The minimum atomic E-state index is -0.298. The number of anilines is 1. The Morgan fingerprint density at radius 2 is 1.79 bits per heavy atom. The number of nitrogens with zero attached hydrogens (tertiary/aromatic N) is 3. The van der Waals surface area contributed by atoms with Gasteiger partial charge in [-0.15, -0.1) is 0 Å². The van der Waals surface area contributed by atoms with Gasteiger partial charge < -0.3 is 10.2 Å². The molecule has 1 heterocycles. The van der Waals surface area contributed by atoms with E-state index in [0.29, 0.717) is 36.7 Å². The summed E-state index contributed by atoms with van der Waals surface area (Å²) in [4.78, 5) is 23.4. The van der Waals surface area contributed by atoms with Gasteiger partial charge in [0.1, 0.15) is 11.5 Å². The summed E-state index contributed by atoms with van der Waals surface area (Å²) >= 11 is 0. The molecule has 0 aliphatic rings. The molecule has 1 N–H and O–H groups in total. The zero-order valence-corrected chi connectivity index (χ0v) is 16.7. The fourth-order valence-electron chi connectivity index (χ4n) is 2.98. The third-order valence-corrected chi connectivity index (χ3v) is 4.59. The summed E-state index contributed by atoms with van der Waals surface area (Å²) in [6.45, 7) is 5.11. The van der Waals surface area contributed by atoms with Crippen LogP contribution in [-0.4, -0.2) is 28.5 Å². The summed E-state index contributed by atoms with van der Waals surface area (Å²) in [7, 11) is 0. The van der Waals surface area contributed by atoms with Crippen LogP contribution in [0.1, 0.15) is 35.5 Å². The van der Waals surface area contributed by atoms with E-state index in [-0.39, 0.29) is 17.8 Å². The van der Waals surface area contributed by atoms with E-state index in [0.717, 1.165) is 5.56 Å². The molecular weight excluding hydrogens is 367 g/mol. The monoisotopic (exact) mass is 392 g/mol. The van der Waals surface area contributed by atoms with Gasteiger partial charge in [-0.25, -0.2) is 14.4 Å². The highest BCUT2D eigenvalue weighted by Crippen LogP contribution is 2.16. The number of rotatable bonds is 8. The van der Waals surface area contributed by atoms with Gasteiger partial charge in [-0.05, 0) is 43.5 Å². The molecule has 0 atom stereocenters. The molecule has 0 radical (unpaired) electrons. The molecule has 3 rings (SSSR count). The molecule has 0 spiro atoms. The van der Waals surface area contributed by atoms with Crippen molar-refractivity contribution >= 4 is 11.9 Å². The highest BCUT2D eigenvalue weighted by atomic mass is 19.1. The molecule has 0 aliphatic heterocycles. The number of carbonyl (C=O) groups excluding carboxylic acids is 1. The lowest BCUT2D eigenvalue weighted by molar-refractivity contribution is 0.0949. The summed E-state index contributed by atoms with van der Waals surface area (Å²) in [6, 6.07) is 18.4. The van der Waals surface area contributed by atoms with E-state index in [9.17, 15) is 9.18 Å². The van der Waals surface area contributed by atoms with E-state index in [2.05, 4.69) is 41.3 Å². The van der Waals surface area contributed by atoms with Crippen LogP contribution in [0.3, 0.4) is 0 Å². The molecule has 0 saturated carbocycles. The van der Waals surface area contributed by atoms with Crippen molar-refractivity contribution in [3.05, 3.63) is 89.5 Å². The van der Waals surface area contributed by atoms with Crippen LogP contribution in [0.2, 0.25) is 0 Å². The molecule has 150 valence electrons. The standard InChI is InChI=1S/C23H25FN4O/c1-17(2)28(16-18-8-4-3-5-9-18)23-26-15-13-21(27-23)22(29)25-14-12-19-10-6-7-11-20(19)24/h3-11,13,15,17H,12,14,16H2,1-2H3,(H,25,29). The number of hydrogen-bond acceptors (Lipinski definition) is 4. The number of nitrogens with one attached hydrogen (secondary N) is 1. The Morgan fingerprint density at radius 3 is 2.52 bits per heavy atom. The van der Waals surface area contributed by atoms with E-state index in [1.165, 1.54) is 6.07 Å². The maximum absolute atomic E-state index is 13.7. The Bertz CT molecular complexity index is 946. The molecule has 0 aliphatic carbocycles. The molecular formula is C23H25FN4O. The van der Waals surface area contributed by atoms with Crippen molar-refractivity contribution in [1.29, 1.82) is 0 Å². The summed E-state index contributed by atoms with van der Waals surface area (Å²) in [6.07, 6.45) is 2.01. The summed E-state index contributed by atoms with van der Waals surface area (Å²) in [5.74, 6) is -0.0569. The summed E-state index contributed by atoms with van der Waals surface area (Å²) < 4.78 is 13.7. The van der Waals surface area contributed by atoms with Gasteiger partial charge in [0.2, 0.25) is 5.95 Å². The SMILES string of the molecule is CC(C)N(Cc1ccccc1)c1nccc(C(=O)NCCc2ccccc2F)n1. The molecule has 6 heteroatoms. The van der Waals surface area contributed by atoms with Crippen molar-refractivity contribution in [2.45, 2.75) is 32.9 Å². The first kappa shape index (κ1) is 20.5. The first-order valence-corrected chi connectivity index (χ1v) is 9.70. The van der Waals surface area contributed by atoms with Gasteiger partial charge in [0.15, 0.2) is 0 Å². The maximum atomic E-state index is 13.7. The van der Waals surface area contributed by atoms with Gasteiger partial charge >= 0.3 is 0 Å². The highest BCUT2D eigenvalue weighted by Gasteiger charge is 2.16. The average molecular weight is 392 g/mol. The molecule has 5 nitrogen and oxygen atoms in total. The predicted molar refractivity (Wildman–Crippen MR) is 112 cm³/mol. The third-order valence-electron chi connectivity index (χ3n) is 4.59. The van der Waals surface area contributed by atoms with Crippen molar-refractivity contribution in [2.75, 3.05) is 11.4 Å². The van der Waals surface area contributed by atoms with Gasteiger partial charge in [-0.1, -0.05) is 48.5 Å². The zero-order chi connectivity index (χ0) is 20.6. The molecule has 3 aromatic rings. The molecule has 0 saturated heterocycles. The highest BCUT2D eigenvalue weighted by molar-refractivity contribution is 5.92. The lowest BCUT2D eigenvalue weighted by atomic mass is 10.1. The predicted octanol–water partition coefficient (Wildman–Crippen LogP) is 4.00. The van der Waals surface area contributed by atoms with Crippen LogP contribution in [0.4, 0.5) is 10.3 Å². The second-order valence-electron chi connectivity index (χ2n) is 7.05. The number of carbonyl (C=O) groups is 1. The lowest BCUT2D eigenvalue weighted by Crippen LogP contribution is -2.33. The van der Waals surface area contributed by atoms with E-state index in [1.54, 1.807) is 30.5 Å². The fourth-order valence-corrected chi connectivity index (χ4v) is 2.98. The van der Waals surface area contributed by atoms with Crippen LogP contribution in [0.25, 0.3) is 0 Å². The summed E-state index contributed by atoms with van der Waals surface area (Å²) in [5, 5.41) is 2.81. The molecule has 0 unspecified atom stereocenters. The van der Waals surface area contributed by atoms with Crippen LogP contribution < -0.4 is 10.2 Å². The van der Waals surface area contributed by atoms with Gasteiger partial charge in [-0.2, -0.15) is 0 Å². The fraction of sp³-hybridized carbons (Fsp3) is 0.261. The van der Waals surface area contributed by atoms with Crippen molar-refractivity contribution < 1.29 is 9.18 Å². The van der Waals surface area contributed by atoms with E-state index < -0.39 is 0 Å². The lowest BCUT2D eigenvalue weighted by Gasteiger charge is -2.27. The first-order chi connectivity index (χ1) is 14.0. The minimum absolute atomic E-state index is 0.162. The Hall–Kier alpha value is -3.28. The van der Waals surface area contributed by atoms with E-state index in [4.69, 9.17) is 0 Å². The molecule has 0 fully saturated rings. The van der Waals surface area contributed by atoms with Crippen molar-refractivity contribution in [1.82, 2.24) is 15.3 Å². The topological polar surface area (TPSA) is 58.1 Å². The number of benzene rings is 2.